The van der Waals surface area contributed by atoms with Crippen molar-refractivity contribution in [1.82, 2.24) is 19.6 Å². The molecule has 5 nitrogen and oxygen atoms in total. The molecule has 0 aliphatic carbocycles. The van der Waals surface area contributed by atoms with Gasteiger partial charge in [-0.25, -0.2) is 4.39 Å². The summed E-state index contributed by atoms with van der Waals surface area (Å²) in [4.78, 5) is 17.3. The van der Waals surface area contributed by atoms with Crippen molar-refractivity contribution in [2.45, 2.75) is 38.4 Å². The molecule has 4 heterocycles. The Kier molecular flexibility index (Phi) is 5.02. The van der Waals surface area contributed by atoms with Gasteiger partial charge in [-0.1, -0.05) is 12.1 Å². The summed E-state index contributed by atoms with van der Waals surface area (Å²) < 4.78 is 14.9. The van der Waals surface area contributed by atoms with Gasteiger partial charge in [0, 0.05) is 57.6 Å². The summed E-state index contributed by atoms with van der Waals surface area (Å²) in [5.41, 5.74) is 1.13. The molecule has 0 saturated carbocycles. The minimum Gasteiger partial charge on any atom is -0.338 e. The van der Waals surface area contributed by atoms with Crippen LogP contribution < -0.4 is 0 Å². The van der Waals surface area contributed by atoms with Crippen molar-refractivity contribution in [3.63, 3.8) is 0 Å². The van der Waals surface area contributed by atoms with Crippen molar-refractivity contribution in [3.8, 4) is 0 Å². The average Bonchev–Trinajstić information content (AvgIpc) is 3.02. The molecule has 3 saturated heterocycles. The molecule has 3 aliphatic heterocycles. The zero-order valence-electron chi connectivity index (χ0n) is 14.9. The Morgan fingerprint density at radius 3 is 2.77 bits per heavy atom. The first-order chi connectivity index (χ1) is 12.7. The van der Waals surface area contributed by atoms with E-state index in [2.05, 4.69) is 14.9 Å². The van der Waals surface area contributed by atoms with Gasteiger partial charge in [0.25, 0.3) is 0 Å². The summed E-state index contributed by atoms with van der Waals surface area (Å²) in [7, 11) is 0. The molecule has 0 N–H and O–H groups in total. The summed E-state index contributed by atoms with van der Waals surface area (Å²) in [6.07, 6.45) is 6.41. The number of aryl methyl sites for hydroxylation is 1. The lowest BCUT2D eigenvalue weighted by Gasteiger charge is -2.36. The summed E-state index contributed by atoms with van der Waals surface area (Å²) >= 11 is 0. The second-order valence-electron chi connectivity index (χ2n) is 7.48. The Hall–Kier alpha value is -2.21. The normalized spacial score (nSPS) is 23.2. The maximum absolute atomic E-state index is 13.1. The molecule has 0 spiro atoms. The summed E-state index contributed by atoms with van der Waals surface area (Å²) in [5, 5.41) is 4.18. The molecule has 1 amide bonds. The number of hydrogen-bond acceptors (Lipinski definition) is 3. The van der Waals surface area contributed by atoms with Gasteiger partial charge in [-0.15, -0.1) is 0 Å². The van der Waals surface area contributed by atoms with Crippen LogP contribution in [0.1, 0.15) is 24.8 Å². The number of piperidine rings is 1. The highest BCUT2D eigenvalue weighted by Crippen LogP contribution is 2.29. The number of aromatic nitrogens is 2. The molecular formula is C20H25FN4O. The van der Waals surface area contributed by atoms with E-state index in [1.165, 1.54) is 18.6 Å². The molecule has 1 aromatic heterocycles. The number of hydrogen-bond donors (Lipinski definition) is 0. The van der Waals surface area contributed by atoms with Crippen molar-refractivity contribution in [1.29, 1.82) is 0 Å². The van der Waals surface area contributed by atoms with Crippen molar-refractivity contribution in [2.75, 3.05) is 19.6 Å². The first kappa shape index (κ1) is 17.2. The van der Waals surface area contributed by atoms with Crippen molar-refractivity contribution < 1.29 is 9.18 Å². The van der Waals surface area contributed by atoms with E-state index in [0.717, 1.165) is 38.2 Å². The first-order valence-corrected chi connectivity index (χ1v) is 9.41. The lowest BCUT2D eigenvalue weighted by Crippen LogP contribution is -2.47. The predicted molar refractivity (Wildman–Crippen MR) is 96.7 cm³/mol. The van der Waals surface area contributed by atoms with Crippen LogP contribution in [0.3, 0.4) is 0 Å². The van der Waals surface area contributed by atoms with Crippen molar-refractivity contribution in [3.05, 3.63) is 54.1 Å². The van der Waals surface area contributed by atoms with E-state index in [9.17, 15) is 9.18 Å². The molecule has 0 radical (unpaired) electrons. The number of fused-ring (bicyclic) bond motifs is 4. The summed E-state index contributed by atoms with van der Waals surface area (Å²) in [6.45, 7) is 4.24. The largest absolute Gasteiger partial charge is 0.338 e. The smallest absolute Gasteiger partial charge is 0.224 e. The fourth-order valence-electron chi connectivity index (χ4n) is 4.25. The quantitative estimate of drug-likeness (QED) is 0.827. The predicted octanol–water partition coefficient (Wildman–Crippen LogP) is 2.54. The Bertz CT molecular complexity index is 731. The van der Waals surface area contributed by atoms with E-state index in [4.69, 9.17) is 0 Å². The molecule has 138 valence electrons. The van der Waals surface area contributed by atoms with Crippen LogP contribution in [0.5, 0.6) is 0 Å². The van der Waals surface area contributed by atoms with E-state index in [-0.39, 0.29) is 11.7 Å². The van der Waals surface area contributed by atoms with Crippen LogP contribution >= 0.6 is 0 Å². The van der Waals surface area contributed by atoms with E-state index in [1.807, 2.05) is 29.1 Å². The molecule has 2 aromatic rings. The van der Waals surface area contributed by atoms with Gasteiger partial charge in [0.2, 0.25) is 5.91 Å². The molecule has 26 heavy (non-hydrogen) atoms. The fraction of sp³-hybridized carbons (Fsp3) is 0.500. The minimum atomic E-state index is -0.196. The molecule has 5 rings (SSSR count). The summed E-state index contributed by atoms with van der Waals surface area (Å²) in [6, 6.07) is 8.93. The number of rotatable bonds is 5. The Labute approximate surface area is 153 Å². The first-order valence-electron chi connectivity index (χ1n) is 9.41. The lowest BCUT2D eigenvalue weighted by atomic mass is 9.94. The molecule has 6 heteroatoms. The second kappa shape index (κ2) is 7.58. The van der Waals surface area contributed by atoms with Crippen LogP contribution in [0.15, 0.2) is 42.7 Å². The van der Waals surface area contributed by atoms with Gasteiger partial charge in [-0.3, -0.25) is 14.4 Å². The van der Waals surface area contributed by atoms with E-state index in [1.54, 1.807) is 6.20 Å². The Morgan fingerprint density at radius 1 is 1.15 bits per heavy atom. The molecule has 2 atom stereocenters. The number of nitrogens with zero attached hydrogens (tertiary/aromatic N) is 4. The van der Waals surface area contributed by atoms with Gasteiger partial charge in [-0.05, 0) is 42.5 Å². The third-order valence-electron chi connectivity index (χ3n) is 5.54. The van der Waals surface area contributed by atoms with E-state index in [0.29, 0.717) is 24.9 Å². The van der Waals surface area contributed by atoms with Crippen LogP contribution in [0, 0.1) is 11.7 Å². The third-order valence-corrected chi connectivity index (χ3v) is 5.54. The maximum atomic E-state index is 13.1. The fourth-order valence-corrected chi connectivity index (χ4v) is 4.25. The minimum absolute atomic E-state index is 0.196. The highest BCUT2D eigenvalue weighted by Gasteiger charge is 2.36. The molecule has 3 aliphatic rings. The molecular weight excluding hydrogens is 331 g/mol. The van der Waals surface area contributed by atoms with Crippen LogP contribution in [0.4, 0.5) is 4.39 Å². The van der Waals surface area contributed by atoms with E-state index < -0.39 is 0 Å². The number of benzene rings is 1. The van der Waals surface area contributed by atoms with Crippen molar-refractivity contribution >= 4 is 5.91 Å². The molecule has 1 aromatic carbocycles. The van der Waals surface area contributed by atoms with Gasteiger partial charge in [0.1, 0.15) is 5.82 Å². The highest BCUT2D eigenvalue weighted by atomic mass is 19.1. The van der Waals surface area contributed by atoms with Gasteiger partial charge in [0.05, 0.1) is 0 Å². The SMILES string of the molecule is O=C(CCn1cccn1)N1C[C@@H]2CC[C@H]1CN(Cc1ccc(F)cc1)C2. The van der Waals surface area contributed by atoms with Crippen LogP contribution in [-0.2, 0) is 17.9 Å². The van der Waals surface area contributed by atoms with Crippen LogP contribution in [-0.4, -0.2) is 51.2 Å². The zero-order valence-corrected chi connectivity index (χ0v) is 14.9. The second-order valence-corrected chi connectivity index (χ2v) is 7.48. The maximum Gasteiger partial charge on any atom is 0.224 e. The van der Waals surface area contributed by atoms with Crippen LogP contribution in [0.2, 0.25) is 0 Å². The zero-order chi connectivity index (χ0) is 17.9. The number of halogens is 1. The van der Waals surface area contributed by atoms with Gasteiger partial charge in [-0.2, -0.15) is 5.10 Å². The molecule has 0 unspecified atom stereocenters. The van der Waals surface area contributed by atoms with Gasteiger partial charge < -0.3 is 4.90 Å². The highest BCUT2D eigenvalue weighted by molar-refractivity contribution is 5.76. The Balaban J connectivity index is 1.38. The third kappa shape index (κ3) is 3.96. The van der Waals surface area contributed by atoms with Gasteiger partial charge in [0.15, 0.2) is 0 Å². The molecule has 3 fully saturated rings. The Morgan fingerprint density at radius 2 is 2.00 bits per heavy atom. The van der Waals surface area contributed by atoms with E-state index >= 15 is 0 Å². The molecule has 2 bridgehead atoms. The van der Waals surface area contributed by atoms with Crippen molar-refractivity contribution in [2.24, 2.45) is 5.92 Å². The lowest BCUT2D eigenvalue weighted by molar-refractivity contribution is -0.135. The summed E-state index contributed by atoms with van der Waals surface area (Å²) in [5.74, 6) is 0.570. The standard InChI is InChI=1S/C20H25FN4O/c21-18-5-2-16(3-6-18)12-23-13-17-4-7-19(15-23)25(14-17)20(26)8-11-24-10-1-9-22-24/h1-3,5-6,9-10,17,19H,4,7-8,11-15H2/t17-,19+/m1/s1. The monoisotopic (exact) mass is 356 g/mol. The average molecular weight is 356 g/mol. The van der Waals surface area contributed by atoms with Crippen LogP contribution in [0.25, 0.3) is 0 Å². The topological polar surface area (TPSA) is 41.4 Å². The number of carbonyl (C=O) groups is 1. The number of amides is 1. The van der Waals surface area contributed by atoms with Gasteiger partial charge >= 0.3 is 0 Å². The number of carbonyl (C=O) groups excluding carboxylic acids is 1.